The SMILES string of the molecule is CCOc1ccc(NC(=O)c2cnc(Nc3ccc(C(C)C)cc3)nc2)cc1. The van der Waals surface area contributed by atoms with Gasteiger partial charge in [-0.25, -0.2) is 9.97 Å². The second kappa shape index (κ2) is 8.99. The molecular formula is C22H24N4O2. The summed E-state index contributed by atoms with van der Waals surface area (Å²) in [6, 6.07) is 15.3. The second-order valence-corrected chi connectivity index (χ2v) is 6.61. The summed E-state index contributed by atoms with van der Waals surface area (Å²) in [7, 11) is 0. The largest absolute Gasteiger partial charge is 0.494 e. The Hall–Kier alpha value is -3.41. The summed E-state index contributed by atoms with van der Waals surface area (Å²) < 4.78 is 5.39. The van der Waals surface area contributed by atoms with E-state index >= 15 is 0 Å². The molecule has 1 heterocycles. The van der Waals surface area contributed by atoms with Crippen molar-refractivity contribution >= 4 is 23.2 Å². The van der Waals surface area contributed by atoms with Gasteiger partial charge in [-0.2, -0.15) is 0 Å². The van der Waals surface area contributed by atoms with Crippen LogP contribution in [0.4, 0.5) is 17.3 Å². The molecule has 0 radical (unpaired) electrons. The Morgan fingerprint density at radius 3 is 2.14 bits per heavy atom. The Labute approximate surface area is 165 Å². The molecule has 0 spiro atoms. The number of aromatic nitrogens is 2. The van der Waals surface area contributed by atoms with E-state index < -0.39 is 0 Å². The van der Waals surface area contributed by atoms with Crippen LogP contribution in [0, 0.1) is 0 Å². The topological polar surface area (TPSA) is 76.1 Å². The number of benzene rings is 2. The van der Waals surface area contributed by atoms with Crippen LogP contribution >= 0.6 is 0 Å². The maximum absolute atomic E-state index is 12.4. The van der Waals surface area contributed by atoms with Gasteiger partial charge in [-0.15, -0.1) is 0 Å². The van der Waals surface area contributed by atoms with Gasteiger partial charge in [0.1, 0.15) is 5.75 Å². The number of hydrogen-bond donors (Lipinski definition) is 2. The number of nitrogens with zero attached hydrogens (tertiary/aromatic N) is 2. The average molecular weight is 376 g/mol. The molecule has 1 amide bonds. The Kier molecular flexibility index (Phi) is 6.22. The van der Waals surface area contributed by atoms with Gasteiger partial charge in [-0.05, 0) is 54.8 Å². The van der Waals surface area contributed by atoms with E-state index in [0.717, 1.165) is 11.4 Å². The first-order valence-corrected chi connectivity index (χ1v) is 9.28. The fraction of sp³-hybridized carbons (Fsp3) is 0.227. The van der Waals surface area contributed by atoms with E-state index in [4.69, 9.17) is 4.74 Å². The van der Waals surface area contributed by atoms with E-state index in [9.17, 15) is 4.79 Å². The van der Waals surface area contributed by atoms with E-state index in [1.54, 1.807) is 12.1 Å². The molecule has 0 saturated carbocycles. The normalized spacial score (nSPS) is 10.6. The van der Waals surface area contributed by atoms with Gasteiger partial charge in [0.25, 0.3) is 5.91 Å². The number of rotatable bonds is 7. The zero-order chi connectivity index (χ0) is 19.9. The van der Waals surface area contributed by atoms with Crippen LogP contribution in [-0.4, -0.2) is 22.5 Å². The van der Waals surface area contributed by atoms with Crippen LogP contribution in [0.15, 0.2) is 60.9 Å². The molecule has 28 heavy (non-hydrogen) atoms. The lowest BCUT2D eigenvalue weighted by atomic mass is 10.0. The summed E-state index contributed by atoms with van der Waals surface area (Å²) in [4.78, 5) is 20.8. The van der Waals surface area contributed by atoms with Crippen molar-refractivity contribution in [3.05, 3.63) is 72.1 Å². The van der Waals surface area contributed by atoms with Crippen molar-refractivity contribution in [2.75, 3.05) is 17.2 Å². The number of carbonyl (C=O) groups excluding carboxylic acids is 1. The van der Waals surface area contributed by atoms with Gasteiger partial charge < -0.3 is 15.4 Å². The van der Waals surface area contributed by atoms with E-state index in [2.05, 4.69) is 46.6 Å². The summed E-state index contributed by atoms with van der Waals surface area (Å²) >= 11 is 0. The number of ether oxygens (including phenoxy) is 1. The highest BCUT2D eigenvalue weighted by molar-refractivity contribution is 6.03. The van der Waals surface area contributed by atoms with Crippen LogP contribution in [0.2, 0.25) is 0 Å². The standard InChI is InChI=1S/C22H24N4O2/c1-4-28-20-11-9-18(10-12-20)25-21(27)17-13-23-22(24-14-17)26-19-7-5-16(6-8-19)15(2)3/h5-15H,4H2,1-3H3,(H,25,27)(H,23,24,26). The Bertz CT molecular complexity index is 905. The molecule has 0 atom stereocenters. The minimum Gasteiger partial charge on any atom is -0.494 e. The van der Waals surface area contributed by atoms with E-state index in [0.29, 0.717) is 29.7 Å². The Morgan fingerprint density at radius 2 is 1.57 bits per heavy atom. The quantitative estimate of drug-likeness (QED) is 0.607. The van der Waals surface area contributed by atoms with Gasteiger partial charge in [-0.1, -0.05) is 26.0 Å². The number of amides is 1. The summed E-state index contributed by atoms with van der Waals surface area (Å²) in [5.74, 6) is 1.42. The highest BCUT2D eigenvalue weighted by atomic mass is 16.5. The predicted octanol–water partition coefficient (Wildman–Crippen LogP) is 4.99. The minimum atomic E-state index is -0.267. The molecule has 6 heteroatoms. The van der Waals surface area contributed by atoms with Crippen molar-refractivity contribution < 1.29 is 9.53 Å². The predicted molar refractivity (Wildman–Crippen MR) is 111 cm³/mol. The summed E-state index contributed by atoms with van der Waals surface area (Å²) in [6.07, 6.45) is 3.00. The van der Waals surface area contributed by atoms with Crippen LogP contribution in [0.5, 0.6) is 5.75 Å². The first-order chi connectivity index (χ1) is 13.5. The van der Waals surface area contributed by atoms with Crippen molar-refractivity contribution in [2.45, 2.75) is 26.7 Å². The summed E-state index contributed by atoms with van der Waals surface area (Å²) in [5, 5.41) is 5.95. The van der Waals surface area contributed by atoms with Crippen molar-refractivity contribution in [3.8, 4) is 5.75 Å². The zero-order valence-corrected chi connectivity index (χ0v) is 16.3. The molecular weight excluding hydrogens is 352 g/mol. The molecule has 0 bridgehead atoms. The third kappa shape index (κ3) is 5.07. The summed E-state index contributed by atoms with van der Waals surface area (Å²) in [5.41, 5.74) is 3.24. The lowest BCUT2D eigenvalue weighted by molar-refractivity contribution is 0.102. The van der Waals surface area contributed by atoms with Gasteiger partial charge >= 0.3 is 0 Å². The number of hydrogen-bond acceptors (Lipinski definition) is 5. The van der Waals surface area contributed by atoms with Gasteiger partial charge in [-0.3, -0.25) is 4.79 Å². The number of nitrogens with one attached hydrogen (secondary N) is 2. The van der Waals surface area contributed by atoms with Crippen molar-refractivity contribution in [2.24, 2.45) is 0 Å². The molecule has 3 rings (SSSR count). The highest BCUT2D eigenvalue weighted by Crippen LogP contribution is 2.19. The maximum atomic E-state index is 12.4. The van der Waals surface area contributed by atoms with Gasteiger partial charge in [0, 0.05) is 23.8 Å². The Morgan fingerprint density at radius 1 is 0.964 bits per heavy atom. The van der Waals surface area contributed by atoms with Crippen molar-refractivity contribution in [3.63, 3.8) is 0 Å². The second-order valence-electron chi connectivity index (χ2n) is 6.61. The van der Waals surface area contributed by atoms with E-state index in [1.165, 1.54) is 18.0 Å². The molecule has 0 aliphatic rings. The first kappa shape index (κ1) is 19.4. The van der Waals surface area contributed by atoms with Gasteiger partial charge in [0.2, 0.25) is 5.95 Å². The van der Waals surface area contributed by atoms with E-state index in [1.807, 2.05) is 31.2 Å². The van der Waals surface area contributed by atoms with Crippen molar-refractivity contribution in [1.82, 2.24) is 9.97 Å². The minimum absolute atomic E-state index is 0.267. The molecule has 2 N–H and O–H groups in total. The lowest BCUT2D eigenvalue weighted by Crippen LogP contribution is -2.13. The molecule has 2 aromatic carbocycles. The third-order valence-electron chi connectivity index (χ3n) is 4.17. The molecule has 0 aliphatic heterocycles. The molecule has 3 aromatic rings. The molecule has 6 nitrogen and oxygen atoms in total. The highest BCUT2D eigenvalue weighted by Gasteiger charge is 2.08. The lowest BCUT2D eigenvalue weighted by Gasteiger charge is -2.09. The fourth-order valence-electron chi connectivity index (χ4n) is 2.59. The van der Waals surface area contributed by atoms with Crippen LogP contribution in [0.3, 0.4) is 0 Å². The maximum Gasteiger partial charge on any atom is 0.258 e. The fourth-order valence-corrected chi connectivity index (χ4v) is 2.59. The van der Waals surface area contributed by atoms with Crippen LogP contribution in [0.1, 0.15) is 42.6 Å². The number of carbonyl (C=O) groups is 1. The van der Waals surface area contributed by atoms with E-state index in [-0.39, 0.29) is 5.91 Å². The van der Waals surface area contributed by atoms with Crippen LogP contribution in [-0.2, 0) is 0 Å². The van der Waals surface area contributed by atoms with Crippen LogP contribution < -0.4 is 15.4 Å². The zero-order valence-electron chi connectivity index (χ0n) is 16.3. The molecule has 0 aliphatic carbocycles. The average Bonchev–Trinajstić information content (AvgIpc) is 2.70. The molecule has 0 unspecified atom stereocenters. The third-order valence-corrected chi connectivity index (χ3v) is 4.17. The van der Waals surface area contributed by atoms with Crippen LogP contribution in [0.25, 0.3) is 0 Å². The molecule has 0 fully saturated rings. The monoisotopic (exact) mass is 376 g/mol. The Balaban J connectivity index is 1.60. The van der Waals surface area contributed by atoms with Gasteiger partial charge in [0.15, 0.2) is 0 Å². The molecule has 1 aromatic heterocycles. The van der Waals surface area contributed by atoms with Gasteiger partial charge in [0.05, 0.1) is 12.2 Å². The van der Waals surface area contributed by atoms with Crippen molar-refractivity contribution in [1.29, 1.82) is 0 Å². The number of anilines is 3. The molecule has 0 saturated heterocycles. The smallest absolute Gasteiger partial charge is 0.258 e. The summed E-state index contributed by atoms with van der Waals surface area (Å²) in [6.45, 7) is 6.84. The first-order valence-electron chi connectivity index (χ1n) is 9.28. The molecule has 144 valence electrons.